The quantitative estimate of drug-likeness (QED) is 0.745. The van der Waals surface area contributed by atoms with Gasteiger partial charge < -0.3 is 9.88 Å². The lowest BCUT2D eigenvalue weighted by molar-refractivity contribution is 0.628. The second-order valence-electron chi connectivity index (χ2n) is 4.59. The Morgan fingerprint density at radius 3 is 2.75 bits per heavy atom. The fourth-order valence-corrected chi connectivity index (χ4v) is 2.53. The van der Waals surface area contributed by atoms with Gasteiger partial charge in [0.1, 0.15) is 5.82 Å². The second kappa shape index (κ2) is 5.55. The van der Waals surface area contributed by atoms with Crippen molar-refractivity contribution in [3.05, 3.63) is 65.6 Å². The van der Waals surface area contributed by atoms with Crippen LogP contribution in [0.2, 0.25) is 5.02 Å². The number of fused-ring (bicyclic) bond motifs is 1. The normalized spacial score (nSPS) is 10.9. The highest BCUT2D eigenvalue weighted by Crippen LogP contribution is 2.24. The molecule has 0 radical (unpaired) electrons. The van der Waals surface area contributed by atoms with E-state index in [9.17, 15) is 4.39 Å². The number of rotatable bonds is 4. The van der Waals surface area contributed by atoms with E-state index in [4.69, 9.17) is 11.6 Å². The first-order valence-corrected chi connectivity index (χ1v) is 6.85. The Morgan fingerprint density at radius 2 is 1.90 bits per heavy atom. The fraction of sp³-hybridized carbons (Fsp3) is 0.125. The van der Waals surface area contributed by atoms with Crippen molar-refractivity contribution >= 4 is 28.2 Å². The van der Waals surface area contributed by atoms with Crippen LogP contribution in [0.1, 0.15) is 0 Å². The van der Waals surface area contributed by atoms with Gasteiger partial charge in [0.15, 0.2) is 0 Å². The van der Waals surface area contributed by atoms with Crippen molar-refractivity contribution in [2.24, 2.45) is 0 Å². The van der Waals surface area contributed by atoms with Gasteiger partial charge in [0, 0.05) is 35.2 Å². The number of hydrogen-bond donors (Lipinski definition) is 1. The Balaban J connectivity index is 1.72. The molecule has 0 saturated heterocycles. The summed E-state index contributed by atoms with van der Waals surface area (Å²) >= 11 is 6.14. The average Bonchev–Trinajstić information content (AvgIpc) is 2.86. The Bertz CT molecular complexity index is 736. The summed E-state index contributed by atoms with van der Waals surface area (Å²) in [6, 6.07) is 14.5. The number of nitrogens with zero attached hydrogens (tertiary/aromatic N) is 1. The molecule has 4 heteroatoms. The first-order chi connectivity index (χ1) is 9.75. The molecule has 2 aromatic carbocycles. The monoisotopic (exact) mass is 288 g/mol. The summed E-state index contributed by atoms with van der Waals surface area (Å²) < 4.78 is 15.6. The van der Waals surface area contributed by atoms with Crippen LogP contribution in [0.3, 0.4) is 0 Å². The molecule has 0 saturated carbocycles. The van der Waals surface area contributed by atoms with E-state index in [0.717, 1.165) is 22.5 Å². The molecule has 102 valence electrons. The molecular formula is C16H14ClFN2. The van der Waals surface area contributed by atoms with Crippen molar-refractivity contribution < 1.29 is 4.39 Å². The van der Waals surface area contributed by atoms with Gasteiger partial charge in [0.05, 0.1) is 5.69 Å². The van der Waals surface area contributed by atoms with Crippen LogP contribution in [0.4, 0.5) is 10.1 Å². The van der Waals surface area contributed by atoms with Crippen LogP contribution >= 0.6 is 11.6 Å². The number of halogens is 2. The molecule has 0 aliphatic rings. The minimum absolute atomic E-state index is 0.229. The molecular weight excluding hydrogens is 275 g/mol. The molecule has 0 unspecified atom stereocenters. The second-order valence-corrected chi connectivity index (χ2v) is 5.00. The first-order valence-electron chi connectivity index (χ1n) is 6.47. The van der Waals surface area contributed by atoms with Gasteiger partial charge in [-0.2, -0.15) is 0 Å². The topological polar surface area (TPSA) is 17.0 Å². The molecule has 3 rings (SSSR count). The summed E-state index contributed by atoms with van der Waals surface area (Å²) in [5, 5.41) is 4.90. The molecule has 0 amide bonds. The summed E-state index contributed by atoms with van der Waals surface area (Å²) in [4.78, 5) is 0. The average molecular weight is 289 g/mol. The van der Waals surface area contributed by atoms with Gasteiger partial charge in [-0.1, -0.05) is 29.8 Å². The van der Waals surface area contributed by atoms with Gasteiger partial charge in [0.25, 0.3) is 0 Å². The van der Waals surface area contributed by atoms with Gasteiger partial charge in [-0.15, -0.1) is 0 Å². The van der Waals surface area contributed by atoms with Crippen LogP contribution in [0.15, 0.2) is 54.7 Å². The van der Waals surface area contributed by atoms with E-state index in [1.807, 2.05) is 36.5 Å². The van der Waals surface area contributed by atoms with Crippen molar-refractivity contribution in [3.63, 3.8) is 0 Å². The molecule has 0 aliphatic heterocycles. The van der Waals surface area contributed by atoms with E-state index < -0.39 is 0 Å². The first kappa shape index (κ1) is 13.0. The largest absolute Gasteiger partial charge is 0.381 e. The van der Waals surface area contributed by atoms with E-state index in [-0.39, 0.29) is 5.82 Å². The summed E-state index contributed by atoms with van der Waals surface area (Å²) in [5.74, 6) is -0.229. The predicted octanol–water partition coefficient (Wildman–Crippen LogP) is 4.55. The number of nitrogens with one attached hydrogen (secondary N) is 1. The SMILES string of the molecule is Fc1ccccc1NCCn1ccc2c(Cl)cccc21. The van der Waals surface area contributed by atoms with Gasteiger partial charge >= 0.3 is 0 Å². The molecule has 1 heterocycles. The lowest BCUT2D eigenvalue weighted by Crippen LogP contribution is -2.10. The maximum Gasteiger partial charge on any atom is 0.146 e. The zero-order valence-corrected chi connectivity index (χ0v) is 11.6. The smallest absolute Gasteiger partial charge is 0.146 e. The predicted molar refractivity (Wildman–Crippen MR) is 81.8 cm³/mol. The zero-order valence-electron chi connectivity index (χ0n) is 10.8. The highest BCUT2D eigenvalue weighted by molar-refractivity contribution is 6.35. The number of para-hydroxylation sites is 1. The third-order valence-corrected chi connectivity index (χ3v) is 3.63. The standard InChI is InChI=1S/C16H14ClFN2/c17-13-4-3-7-16-12(13)8-10-20(16)11-9-19-15-6-2-1-5-14(15)18/h1-8,10,19H,9,11H2. The molecule has 0 spiro atoms. The van der Waals surface area contributed by atoms with Crippen molar-refractivity contribution in [3.8, 4) is 0 Å². The molecule has 0 bridgehead atoms. The molecule has 1 aromatic heterocycles. The molecule has 2 nitrogen and oxygen atoms in total. The molecule has 3 aromatic rings. The summed E-state index contributed by atoms with van der Waals surface area (Å²) in [6.45, 7) is 1.40. The highest BCUT2D eigenvalue weighted by Gasteiger charge is 2.04. The number of aromatic nitrogens is 1. The lowest BCUT2D eigenvalue weighted by Gasteiger charge is -2.09. The third-order valence-electron chi connectivity index (χ3n) is 3.30. The molecule has 20 heavy (non-hydrogen) atoms. The highest BCUT2D eigenvalue weighted by atomic mass is 35.5. The lowest BCUT2D eigenvalue weighted by atomic mass is 10.2. The Labute approximate surface area is 121 Å². The van der Waals surface area contributed by atoms with Gasteiger partial charge in [0.2, 0.25) is 0 Å². The van der Waals surface area contributed by atoms with Crippen molar-refractivity contribution in [2.75, 3.05) is 11.9 Å². The van der Waals surface area contributed by atoms with Gasteiger partial charge in [-0.05, 0) is 30.3 Å². The van der Waals surface area contributed by atoms with Crippen LogP contribution in [0, 0.1) is 5.82 Å². The number of anilines is 1. The van der Waals surface area contributed by atoms with Crippen LogP contribution in [0.5, 0.6) is 0 Å². The summed E-state index contributed by atoms with van der Waals surface area (Å²) in [5.41, 5.74) is 1.62. The van der Waals surface area contributed by atoms with Crippen molar-refractivity contribution in [2.45, 2.75) is 6.54 Å². The minimum Gasteiger partial charge on any atom is -0.381 e. The Morgan fingerprint density at radius 1 is 1.05 bits per heavy atom. The van der Waals surface area contributed by atoms with E-state index in [1.165, 1.54) is 6.07 Å². The van der Waals surface area contributed by atoms with E-state index in [0.29, 0.717) is 12.2 Å². The third kappa shape index (κ3) is 2.49. The van der Waals surface area contributed by atoms with Crippen molar-refractivity contribution in [1.82, 2.24) is 4.57 Å². The maximum absolute atomic E-state index is 13.5. The van der Waals surface area contributed by atoms with Crippen LogP contribution in [0.25, 0.3) is 10.9 Å². The van der Waals surface area contributed by atoms with Crippen LogP contribution in [-0.2, 0) is 6.54 Å². The maximum atomic E-state index is 13.5. The molecule has 1 N–H and O–H groups in total. The molecule has 0 fully saturated rings. The van der Waals surface area contributed by atoms with Crippen molar-refractivity contribution in [1.29, 1.82) is 0 Å². The van der Waals surface area contributed by atoms with Gasteiger partial charge in [-0.25, -0.2) is 4.39 Å². The minimum atomic E-state index is -0.229. The fourth-order valence-electron chi connectivity index (χ4n) is 2.30. The summed E-state index contributed by atoms with van der Waals surface area (Å²) in [7, 11) is 0. The van der Waals surface area contributed by atoms with E-state index in [2.05, 4.69) is 9.88 Å². The molecule has 0 aliphatic carbocycles. The van der Waals surface area contributed by atoms with E-state index in [1.54, 1.807) is 12.1 Å². The Hall–Kier alpha value is -2.00. The van der Waals surface area contributed by atoms with Gasteiger partial charge in [-0.3, -0.25) is 0 Å². The van der Waals surface area contributed by atoms with Crippen LogP contribution < -0.4 is 5.32 Å². The Kier molecular flexibility index (Phi) is 3.61. The zero-order chi connectivity index (χ0) is 13.9. The summed E-state index contributed by atoms with van der Waals surface area (Å²) in [6.07, 6.45) is 2.00. The number of benzene rings is 2. The van der Waals surface area contributed by atoms with Crippen LogP contribution in [-0.4, -0.2) is 11.1 Å². The van der Waals surface area contributed by atoms with E-state index >= 15 is 0 Å². The number of hydrogen-bond acceptors (Lipinski definition) is 1. The molecule has 0 atom stereocenters.